The summed E-state index contributed by atoms with van der Waals surface area (Å²) in [6.07, 6.45) is 1.82. The van der Waals surface area contributed by atoms with Gasteiger partial charge in [0.2, 0.25) is 0 Å². The first-order valence-corrected chi connectivity index (χ1v) is 11.6. The quantitative estimate of drug-likeness (QED) is 0.316. The van der Waals surface area contributed by atoms with Gasteiger partial charge in [-0.05, 0) is 67.4 Å². The third-order valence-corrected chi connectivity index (χ3v) is 5.97. The minimum absolute atomic E-state index is 0.174. The Morgan fingerprint density at radius 3 is 2.42 bits per heavy atom. The Labute approximate surface area is 206 Å². The molecular weight excluding hydrogens is 504 g/mol. The van der Waals surface area contributed by atoms with Crippen LogP contribution in [0.15, 0.2) is 81.9 Å². The van der Waals surface area contributed by atoms with Crippen LogP contribution in [0.5, 0.6) is 11.5 Å². The molecule has 168 valence electrons. The van der Waals surface area contributed by atoms with E-state index in [-0.39, 0.29) is 5.91 Å². The number of amides is 1. The van der Waals surface area contributed by atoms with Crippen LogP contribution in [-0.2, 0) is 11.4 Å². The second kappa shape index (κ2) is 10.2. The lowest BCUT2D eigenvalue weighted by molar-refractivity contribution is -0.114. The first-order chi connectivity index (χ1) is 16.0. The summed E-state index contributed by atoms with van der Waals surface area (Å²) < 4.78 is 12.6. The maximum Gasteiger partial charge on any atom is 0.280 e. The summed E-state index contributed by atoms with van der Waals surface area (Å²) >= 11 is 9.57. The molecule has 0 bridgehead atoms. The Morgan fingerprint density at radius 1 is 1.03 bits per heavy atom. The van der Waals surface area contributed by atoms with Crippen molar-refractivity contribution in [2.75, 3.05) is 11.6 Å². The van der Waals surface area contributed by atoms with Crippen molar-refractivity contribution in [3.63, 3.8) is 0 Å². The molecule has 1 aliphatic heterocycles. The third-order valence-electron chi connectivity index (χ3n) is 5.03. The Balaban J connectivity index is 1.61. The van der Waals surface area contributed by atoms with Crippen molar-refractivity contribution in [1.29, 1.82) is 0 Å². The van der Waals surface area contributed by atoms with Gasteiger partial charge in [0.15, 0.2) is 11.5 Å². The fourth-order valence-electron chi connectivity index (χ4n) is 3.37. The van der Waals surface area contributed by atoms with Crippen LogP contribution in [-0.4, -0.2) is 18.2 Å². The number of anilines is 1. The number of benzene rings is 3. The van der Waals surface area contributed by atoms with Gasteiger partial charge >= 0.3 is 0 Å². The molecule has 1 aliphatic rings. The number of hydrogen-bond acceptors (Lipinski definition) is 4. The SMILES string of the molecule is CCOc1cc(/C=C2/C(=O)N(c3ccccc3)N=C2C)c(Br)cc1OCc1ccc(Cl)cc1. The van der Waals surface area contributed by atoms with E-state index in [2.05, 4.69) is 21.0 Å². The number of halogens is 2. The van der Waals surface area contributed by atoms with E-state index in [1.54, 1.807) is 0 Å². The zero-order valence-corrected chi connectivity index (χ0v) is 20.6. The second-order valence-corrected chi connectivity index (χ2v) is 8.66. The number of hydrogen-bond donors (Lipinski definition) is 0. The highest BCUT2D eigenvalue weighted by Crippen LogP contribution is 2.36. The third kappa shape index (κ3) is 5.29. The molecule has 3 aromatic carbocycles. The van der Waals surface area contributed by atoms with Gasteiger partial charge in [0, 0.05) is 9.50 Å². The molecule has 0 fully saturated rings. The van der Waals surface area contributed by atoms with Gasteiger partial charge in [0.1, 0.15) is 6.61 Å². The van der Waals surface area contributed by atoms with Crippen molar-refractivity contribution in [3.05, 3.63) is 92.9 Å². The lowest BCUT2D eigenvalue weighted by atomic mass is 10.1. The highest BCUT2D eigenvalue weighted by atomic mass is 79.9. The summed E-state index contributed by atoms with van der Waals surface area (Å²) in [6, 6.07) is 20.6. The number of ether oxygens (including phenoxy) is 2. The van der Waals surface area contributed by atoms with Crippen LogP contribution in [0.2, 0.25) is 5.02 Å². The Kier molecular flexibility index (Phi) is 7.16. The molecule has 0 N–H and O–H groups in total. The van der Waals surface area contributed by atoms with E-state index >= 15 is 0 Å². The Hall–Kier alpha value is -3.09. The number of rotatable bonds is 7. The molecule has 3 aromatic rings. The van der Waals surface area contributed by atoms with E-state index in [1.165, 1.54) is 5.01 Å². The van der Waals surface area contributed by atoms with Crippen molar-refractivity contribution < 1.29 is 14.3 Å². The average molecular weight is 526 g/mol. The lowest BCUT2D eigenvalue weighted by Crippen LogP contribution is -2.21. The number of carbonyl (C=O) groups is 1. The van der Waals surface area contributed by atoms with Crippen LogP contribution in [0.1, 0.15) is 25.0 Å². The van der Waals surface area contributed by atoms with Gasteiger partial charge in [-0.3, -0.25) is 4.79 Å². The average Bonchev–Trinajstić information content (AvgIpc) is 3.10. The van der Waals surface area contributed by atoms with E-state index in [0.717, 1.165) is 21.3 Å². The molecule has 0 aromatic heterocycles. The molecule has 1 heterocycles. The highest BCUT2D eigenvalue weighted by Gasteiger charge is 2.29. The number of nitrogens with zero attached hydrogens (tertiary/aromatic N) is 2. The van der Waals surface area contributed by atoms with Gasteiger partial charge in [0.25, 0.3) is 5.91 Å². The van der Waals surface area contributed by atoms with Crippen molar-refractivity contribution in [1.82, 2.24) is 0 Å². The van der Waals surface area contributed by atoms with Gasteiger partial charge in [0.05, 0.1) is 23.6 Å². The normalized spacial score (nSPS) is 14.5. The molecule has 1 amide bonds. The molecule has 7 heteroatoms. The maximum atomic E-state index is 13.1. The van der Waals surface area contributed by atoms with E-state index in [1.807, 2.05) is 86.7 Å². The van der Waals surface area contributed by atoms with E-state index < -0.39 is 0 Å². The van der Waals surface area contributed by atoms with Crippen molar-refractivity contribution in [2.24, 2.45) is 5.10 Å². The zero-order chi connectivity index (χ0) is 23.4. The topological polar surface area (TPSA) is 51.1 Å². The van der Waals surface area contributed by atoms with Gasteiger partial charge < -0.3 is 9.47 Å². The molecule has 33 heavy (non-hydrogen) atoms. The van der Waals surface area contributed by atoms with Gasteiger partial charge in [-0.1, -0.05) is 57.9 Å². The Morgan fingerprint density at radius 2 is 1.73 bits per heavy atom. The molecule has 0 aliphatic carbocycles. The highest BCUT2D eigenvalue weighted by molar-refractivity contribution is 9.10. The molecule has 0 radical (unpaired) electrons. The van der Waals surface area contributed by atoms with E-state index in [4.69, 9.17) is 21.1 Å². The van der Waals surface area contributed by atoms with Gasteiger partial charge in [-0.15, -0.1) is 0 Å². The summed E-state index contributed by atoms with van der Waals surface area (Å²) in [7, 11) is 0. The van der Waals surface area contributed by atoms with Crippen LogP contribution in [0, 0.1) is 0 Å². The fraction of sp³-hybridized carbons (Fsp3) is 0.154. The first kappa shape index (κ1) is 23.1. The molecule has 0 atom stereocenters. The smallest absolute Gasteiger partial charge is 0.280 e. The van der Waals surface area contributed by atoms with Crippen LogP contribution in [0.25, 0.3) is 6.08 Å². The zero-order valence-electron chi connectivity index (χ0n) is 18.2. The van der Waals surface area contributed by atoms with E-state index in [0.29, 0.717) is 41.0 Å². The molecule has 0 saturated carbocycles. The molecule has 0 saturated heterocycles. The van der Waals surface area contributed by atoms with Gasteiger partial charge in [-0.2, -0.15) is 10.1 Å². The predicted octanol–water partition coefficient (Wildman–Crippen LogP) is 6.89. The minimum Gasteiger partial charge on any atom is -0.490 e. The Bertz CT molecular complexity index is 1220. The summed E-state index contributed by atoms with van der Waals surface area (Å²) in [5.74, 6) is 1.03. The van der Waals surface area contributed by atoms with Crippen molar-refractivity contribution in [3.8, 4) is 11.5 Å². The van der Waals surface area contributed by atoms with Gasteiger partial charge in [-0.25, -0.2) is 0 Å². The largest absolute Gasteiger partial charge is 0.490 e. The molecular formula is C26H22BrClN2O3. The fourth-order valence-corrected chi connectivity index (χ4v) is 3.93. The minimum atomic E-state index is -0.174. The standard InChI is InChI=1S/C26H22BrClN2O3/c1-3-32-24-14-19(23(27)15-25(24)33-16-18-9-11-20(28)12-10-18)13-22-17(2)29-30(26(22)31)21-7-5-4-6-8-21/h4-15H,3,16H2,1-2H3/b22-13+. The van der Waals surface area contributed by atoms with Crippen LogP contribution in [0.4, 0.5) is 5.69 Å². The number of hydrazone groups is 1. The van der Waals surface area contributed by atoms with Crippen molar-refractivity contribution in [2.45, 2.75) is 20.5 Å². The molecule has 0 unspecified atom stereocenters. The summed E-state index contributed by atoms with van der Waals surface area (Å²) in [6.45, 7) is 4.60. The monoisotopic (exact) mass is 524 g/mol. The summed E-state index contributed by atoms with van der Waals surface area (Å²) in [5, 5.41) is 6.54. The molecule has 5 nitrogen and oxygen atoms in total. The lowest BCUT2D eigenvalue weighted by Gasteiger charge is -2.15. The van der Waals surface area contributed by atoms with E-state index in [9.17, 15) is 4.79 Å². The second-order valence-electron chi connectivity index (χ2n) is 7.36. The summed E-state index contributed by atoms with van der Waals surface area (Å²) in [5.41, 5.74) is 3.69. The maximum absolute atomic E-state index is 13.1. The van der Waals surface area contributed by atoms with Crippen LogP contribution < -0.4 is 14.5 Å². The van der Waals surface area contributed by atoms with Crippen LogP contribution in [0.3, 0.4) is 0 Å². The van der Waals surface area contributed by atoms with Crippen LogP contribution >= 0.6 is 27.5 Å². The number of carbonyl (C=O) groups excluding carboxylic acids is 1. The molecule has 4 rings (SSSR count). The first-order valence-electron chi connectivity index (χ1n) is 10.5. The van der Waals surface area contributed by atoms with Crippen molar-refractivity contribution >= 4 is 50.9 Å². The summed E-state index contributed by atoms with van der Waals surface area (Å²) in [4.78, 5) is 13.1. The predicted molar refractivity (Wildman–Crippen MR) is 136 cm³/mol. The number of para-hydroxylation sites is 1. The molecule has 0 spiro atoms.